The molecule has 10 heteroatoms. The van der Waals surface area contributed by atoms with E-state index < -0.39 is 33.0 Å². The Balaban J connectivity index is 3.03. The number of benzene rings is 1. The number of carbonyl (C=O) groups is 1. The van der Waals surface area contributed by atoms with Gasteiger partial charge in [-0.2, -0.15) is 21.6 Å². The summed E-state index contributed by atoms with van der Waals surface area (Å²) in [5, 5.41) is 8.61. The van der Waals surface area contributed by atoms with E-state index >= 15 is 0 Å². The molecule has 0 bridgehead atoms. The van der Waals surface area contributed by atoms with Gasteiger partial charge in [0.2, 0.25) is 5.67 Å². The normalized spacial score (nSPS) is 15.4. The monoisotopic (exact) mass is 316 g/mol. The summed E-state index contributed by atoms with van der Waals surface area (Å²) in [5.41, 5.74) is -8.73. The summed E-state index contributed by atoms with van der Waals surface area (Å²) in [5.74, 6) is -2.51. The number of hydrogen-bond acceptors (Lipinski definition) is 4. The van der Waals surface area contributed by atoms with Gasteiger partial charge in [0.1, 0.15) is 5.75 Å². The van der Waals surface area contributed by atoms with E-state index in [-0.39, 0.29) is 5.56 Å². The highest BCUT2D eigenvalue weighted by Gasteiger charge is 2.48. The molecule has 0 aliphatic rings. The molecule has 1 rings (SSSR count). The summed E-state index contributed by atoms with van der Waals surface area (Å²) >= 11 is 0. The Morgan fingerprint density at radius 1 is 1.15 bits per heavy atom. The molecule has 20 heavy (non-hydrogen) atoms. The van der Waals surface area contributed by atoms with Crippen molar-refractivity contribution in [2.24, 2.45) is 0 Å². The van der Waals surface area contributed by atoms with Crippen LogP contribution < -0.4 is 4.18 Å². The van der Waals surface area contributed by atoms with Crippen molar-refractivity contribution in [1.29, 1.82) is 0 Å². The molecule has 1 N–H and O–H groups in total. The highest BCUT2D eigenvalue weighted by atomic mass is 32.2. The minimum absolute atomic E-state index is 0.373. The second kappa shape index (κ2) is 4.93. The molecule has 0 aromatic heterocycles. The lowest BCUT2D eigenvalue weighted by Crippen LogP contribution is -2.28. The predicted molar refractivity (Wildman–Crippen MR) is 58.1 cm³/mol. The van der Waals surface area contributed by atoms with Crippen LogP contribution in [0.1, 0.15) is 12.5 Å². The predicted octanol–water partition coefficient (Wildman–Crippen LogP) is 2.18. The lowest BCUT2D eigenvalue weighted by atomic mass is 9.98. The quantitative estimate of drug-likeness (QED) is 0.523. The zero-order valence-corrected chi connectivity index (χ0v) is 10.6. The second-order valence-electron chi connectivity index (χ2n) is 3.82. The van der Waals surface area contributed by atoms with Gasteiger partial charge in [0.05, 0.1) is 0 Å². The lowest BCUT2D eigenvalue weighted by molar-refractivity contribution is -0.150. The standard InChI is InChI=1S/C10H8F4O5S/c1-9(11,8(15)16)6-2-4-7(5-3-6)19-20(17,18)10(12,13)14/h2-5H,1H3,(H,15,16)/t9-/m0/s1. The molecule has 0 radical (unpaired) electrons. The fourth-order valence-electron chi connectivity index (χ4n) is 1.12. The van der Waals surface area contributed by atoms with Crippen LogP contribution in [0.3, 0.4) is 0 Å². The number of carboxylic acid groups (broad SMARTS) is 1. The Morgan fingerprint density at radius 2 is 1.60 bits per heavy atom. The van der Waals surface area contributed by atoms with Gasteiger partial charge >= 0.3 is 21.6 Å². The number of carboxylic acids is 1. The zero-order valence-electron chi connectivity index (χ0n) is 9.81. The zero-order chi connectivity index (χ0) is 15.8. The molecule has 1 aromatic rings. The summed E-state index contributed by atoms with van der Waals surface area (Å²) < 4.78 is 75.0. The van der Waals surface area contributed by atoms with Crippen LogP contribution in [-0.4, -0.2) is 25.0 Å². The highest BCUT2D eigenvalue weighted by molar-refractivity contribution is 7.87. The molecule has 112 valence electrons. The fourth-order valence-corrected chi connectivity index (χ4v) is 1.58. The molecule has 0 heterocycles. The SMILES string of the molecule is C[C@@](F)(C(=O)O)c1ccc(OS(=O)(=O)C(F)(F)F)cc1. The van der Waals surface area contributed by atoms with Crippen molar-refractivity contribution in [2.45, 2.75) is 18.1 Å². The Labute approximate surface area is 110 Å². The molecule has 0 aliphatic carbocycles. The summed E-state index contributed by atoms with van der Waals surface area (Å²) in [6.07, 6.45) is 0. The molecular formula is C10H8F4O5S. The van der Waals surface area contributed by atoms with Crippen LogP contribution >= 0.6 is 0 Å². The summed E-state index contributed by atoms with van der Waals surface area (Å²) in [6.45, 7) is 0.734. The van der Waals surface area contributed by atoms with Crippen molar-refractivity contribution in [3.63, 3.8) is 0 Å². The fraction of sp³-hybridized carbons (Fsp3) is 0.300. The first kappa shape index (κ1) is 16.2. The Morgan fingerprint density at radius 3 is 1.95 bits per heavy atom. The molecule has 0 unspecified atom stereocenters. The van der Waals surface area contributed by atoms with Gasteiger partial charge in [-0.15, -0.1) is 0 Å². The maximum Gasteiger partial charge on any atom is 0.534 e. The molecule has 0 amide bonds. The van der Waals surface area contributed by atoms with Crippen LogP contribution in [0.2, 0.25) is 0 Å². The molecule has 0 fully saturated rings. The smallest absolute Gasteiger partial charge is 0.479 e. The third-order valence-electron chi connectivity index (χ3n) is 2.29. The number of aliphatic carboxylic acids is 1. The molecule has 1 atom stereocenters. The van der Waals surface area contributed by atoms with Crippen molar-refractivity contribution < 1.29 is 40.1 Å². The first-order valence-electron chi connectivity index (χ1n) is 4.91. The average Bonchev–Trinajstić information content (AvgIpc) is 2.27. The maximum absolute atomic E-state index is 13.7. The van der Waals surface area contributed by atoms with Crippen molar-refractivity contribution in [3.8, 4) is 5.75 Å². The summed E-state index contributed by atoms with van der Waals surface area (Å²) in [6, 6.07) is 3.07. The van der Waals surface area contributed by atoms with Gasteiger partial charge in [0.25, 0.3) is 0 Å². The average molecular weight is 316 g/mol. The third kappa shape index (κ3) is 3.18. The van der Waals surface area contributed by atoms with E-state index in [1.165, 1.54) is 0 Å². The number of halogens is 4. The molecular weight excluding hydrogens is 308 g/mol. The van der Waals surface area contributed by atoms with E-state index in [0.717, 1.165) is 31.2 Å². The van der Waals surface area contributed by atoms with Crippen LogP contribution in [0.5, 0.6) is 5.75 Å². The minimum Gasteiger partial charge on any atom is -0.479 e. The van der Waals surface area contributed by atoms with Gasteiger partial charge in [0, 0.05) is 5.56 Å². The molecule has 5 nitrogen and oxygen atoms in total. The number of hydrogen-bond donors (Lipinski definition) is 1. The minimum atomic E-state index is -5.83. The van der Waals surface area contributed by atoms with Gasteiger partial charge in [-0.05, 0) is 19.1 Å². The summed E-state index contributed by atoms with van der Waals surface area (Å²) in [4.78, 5) is 10.6. The van der Waals surface area contributed by atoms with E-state index in [1.807, 2.05) is 0 Å². The topological polar surface area (TPSA) is 80.7 Å². The van der Waals surface area contributed by atoms with Gasteiger partial charge in [-0.1, -0.05) is 12.1 Å². The molecule has 0 saturated carbocycles. The Hall–Kier alpha value is -1.84. The van der Waals surface area contributed by atoms with Crippen molar-refractivity contribution >= 4 is 16.1 Å². The molecule has 1 aromatic carbocycles. The largest absolute Gasteiger partial charge is 0.534 e. The summed E-state index contributed by atoms with van der Waals surface area (Å²) in [7, 11) is -5.83. The van der Waals surface area contributed by atoms with Gasteiger partial charge < -0.3 is 9.29 Å². The van der Waals surface area contributed by atoms with Crippen molar-refractivity contribution in [1.82, 2.24) is 0 Å². The van der Waals surface area contributed by atoms with Crippen LogP contribution in [0.15, 0.2) is 24.3 Å². The van der Waals surface area contributed by atoms with Crippen LogP contribution in [-0.2, 0) is 20.6 Å². The van der Waals surface area contributed by atoms with Crippen LogP contribution in [0.25, 0.3) is 0 Å². The highest BCUT2D eigenvalue weighted by Crippen LogP contribution is 2.30. The van der Waals surface area contributed by atoms with Crippen LogP contribution in [0, 0.1) is 0 Å². The maximum atomic E-state index is 13.7. The van der Waals surface area contributed by atoms with E-state index in [4.69, 9.17) is 5.11 Å². The van der Waals surface area contributed by atoms with Gasteiger partial charge in [0.15, 0.2) is 0 Å². The third-order valence-corrected chi connectivity index (χ3v) is 3.27. The van der Waals surface area contributed by atoms with E-state index in [1.54, 1.807) is 0 Å². The second-order valence-corrected chi connectivity index (χ2v) is 5.35. The first-order valence-corrected chi connectivity index (χ1v) is 6.32. The van der Waals surface area contributed by atoms with Gasteiger partial charge in [-0.3, -0.25) is 0 Å². The first-order chi connectivity index (χ1) is 8.88. The van der Waals surface area contributed by atoms with Crippen LogP contribution in [0.4, 0.5) is 17.6 Å². The van der Waals surface area contributed by atoms with E-state index in [2.05, 4.69) is 4.18 Å². The molecule has 0 aliphatic heterocycles. The molecule has 0 saturated heterocycles. The molecule has 0 spiro atoms. The van der Waals surface area contributed by atoms with Gasteiger partial charge in [-0.25, -0.2) is 9.18 Å². The lowest BCUT2D eigenvalue weighted by Gasteiger charge is -2.16. The van der Waals surface area contributed by atoms with E-state index in [0.29, 0.717) is 0 Å². The Bertz CT molecular complexity index is 604. The van der Waals surface area contributed by atoms with Crippen molar-refractivity contribution in [3.05, 3.63) is 29.8 Å². The van der Waals surface area contributed by atoms with Crippen molar-refractivity contribution in [2.75, 3.05) is 0 Å². The Kier molecular flexibility index (Phi) is 3.99. The number of rotatable bonds is 4. The van der Waals surface area contributed by atoms with E-state index in [9.17, 15) is 30.8 Å². The number of alkyl halides is 4.